The van der Waals surface area contributed by atoms with Crippen molar-refractivity contribution < 1.29 is 38.9 Å². The molecule has 2 rings (SSSR count). The molecule has 2 aromatic rings. The molecule has 0 aliphatic carbocycles. The molecule has 0 amide bonds. The zero-order valence-corrected chi connectivity index (χ0v) is 13.4. The fourth-order valence-electron chi connectivity index (χ4n) is 2.08. The van der Waals surface area contributed by atoms with Crippen LogP contribution in [0.1, 0.15) is 0 Å². The first kappa shape index (κ1) is 17.6. The van der Waals surface area contributed by atoms with Gasteiger partial charge in [0.1, 0.15) is 14.7 Å². The number of nitrogens with two attached hydrogens (primary N) is 1. The van der Waals surface area contributed by atoms with Crippen LogP contribution < -0.4 is 5.73 Å². The van der Waals surface area contributed by atoms with Crippen LogP contribution in [0.4, 0.5) is 5.69 Å². The van der Waals surface area contributed by atoms with Gasteiger partial charge in [-0.05, 0) is 18.2 Å². The van der Waals surface area contributed by atoms with Crippen LogP contribution in [0.2, 0.25) is 0 Å². The second-order valence-corrected chi connectivity index (χ2v) is 8.53. The van der Waals surface area contributed by atoms with Crippen LogP contribution in [-0.4, -0.2) is 38.9 Å². The van der Waals surface area contributed by atoms with E-state index in [0.29, 0.717) is 6.07 Å². The van der Waals surface area contributed by atoms with Crippen molar-refractivity contribution in [2.45, 2.75) is 14.7 Å². The first-order valence-corrected chi connectivity index (χ1v) is 9.84. The average molecular weight is 383 g/mol. The molecule has 0 saturated carbocycles. The van der Waals surface area contributed by atoms with Crippen molar-refractivity contribution in [1.82, 2.24) is 0 Å². The fraction of sp³-hybridized carbons (Fsp3) is 0. The number of rotatable bonds is 3. The average Bonchev–Trinajstić information content (AvgIpc) is 2.34. The molecule has 0 heterocycles. The Hall–Kier alpha value is -1.77. The van der Waals surface area contributed by atoms with Gasteiger partial charge in [0.2, 0.25) is 0 Å². The molecule has 0 aliphatic rings. The van der Waals surface area contributed by atoms with E-state index in [1.54, 1.807) is 0 Å². The van der Waals surface area contributed by atoms with E-state index < -0.39 is 61.5 Å². The minimum absolute atomic E-state index is 0.398. The van der Waals surface area contributed by atoms with Crippen LogP contribution in [0.25, 0.3) is 10.8 Å². The molecule has 5 N–H and O–H groups in total. The van der Waals surface area contributed by atoms with E-state index in [4.69, 9.17) is 14.8 Å². The summed E-state index contributed by atoms with van der Waals surface area (Å²) in [5.41, 5.74) is 5.15. The molecule has 13 heteroatoms. The lowest BCUT2D eigenvalue weighted by Crippen LogP contribution is -2.11. The maximum Gasteiger partial charge on any atom is 0.296 e. The summed E-state index contributed by atoms with van der Waals surface area (Å²) in [4.78, 5) is -3.24. The van der Waals surface area contributed by atoms with Crippen LogP contribution in [0, 0.1) is 0 Å². The fourth-order valence-corrected chi connectivity index (χ4v) is 4.78. The maximum atomic E-state index is 11.5. The van der Waals surface area contributed by atoms with E-state index in [2.05, 4.69) is 0 Å². The van der Waals surface area contributed by atoms with E-state index in [9.17, 15) is 29.8 Å². The third-order valence-corrected chi connectivity index (χ3v) is 5.78. The lowest BCUT2D eigenvalue weighted by Gasteiger charge is -2.12. The molecule has 0 aromatic heterocycles. The SMILES string of the molecule is Nc1ccc(S(=O)(=O)O)c2ccc(S(=O)(=O)O)c(S(=O)(=O)O)c12. The van der Waals surface area contributed by atoms with Crippen molar-refractivity contribution in [3.63, 3.8) is 0 Å². The van der Waals surface area contributed by atoms with Crippen LogP contribution in [0.15, 0.2) is 39.0 Å². The molecule has 10 nitrogen and oxygen atoms in total. The van der Waals surface area contributed by atoms with Crippen molar-refractivity contribution in [2.24, 2.45) is 0 Å². The number of anilines is 1. The molecule has 0 atom stereocenters. The Labute approximate surface area is 130 Å². The molecule has 0 bridgehead atoms. The second kappa shape index (κ2) is 5.12. The van der Waals surface area contributed by atoms with Gasteiger partial charge in [0.15, 0.2) is 0 Å². The number of hydrogen-bond acceptors (Lipinski definition) is 7. The van der Waals surface area contributed by atoms with Gasteiger partial charge in [0, 0.05) is 16.5 Å². The molecule has 2 aromatic carbocycles. The number of fused-ring (bicyclic) bond motifs is 1. The monoisotopic (exact) mass is 383 g/mol. The van der Waals surface area contributed by atoms with E-state index in [1.807, 2.05) is 0 Å². The molecule has 0 radical (unpaired) electrons. The van der Waals surface area contributed by atoms with Gasteiger partial charge in [-0.3, -0.25) is 13.7 Å². The summed E-state index contributed by atoms with van der Waals surface area (Å²) in [6, 6.07) is 3.16. The Morgan fingerprint density at radius 1 is 0.696 bits per heavy atom. The molecule has 0 fully saturated rings. The van der Waals surface area contributed by atoms with Crippen molar-refractivity contribution in [2.75, 3.05) is 5.73 Å². The molecular formula is C10H9NO9S3. The first-order chi connectivity index (χ1) is 10.2. The Kier molecular flexibility index (Phi) is 3.91. The van der Waals surface area contributed by atoms with Crippen LogP contribution >= 0.6 is 0 Å². The molecule has 0 aliphatic heterocycles. The zero-order valence-electron chi connectivity index (χ0n) is 10.9. The molecule has 0 unspecified atom stereocenters. The third-order valence-electron chi connectivity index (χ3n) is 2.90. The summed E-state index contributed by atoms with van der Waals surface area (Å²) in [5, 5.41) is -1.12. The number of hydrogen-bond donors (Lipinski definition) is 4. The molecule has 0 spiro atoms. The summed E-state index contributed by atoms with van der Waals surface area (Å²) in [5.74, 6) is 0. The van der Waals surface area contributed by atoms with Crippen LogP contribution in [0.3, 0.4) is 0 Å². The van der Waals surface area contributed by atoms with E-state index >= 15 is 0 Å². The van der Waals surface area contributed by atoms with Gasteiger partial charge in [-0.25, -0.2) is 0 Å². The number of benzene rings is 2. The van der Waals surface area contributed by atoms with Gasteiger partial charge < -0.3 is 5.73 Å². The van der Waals surface area contributed by atoms with Crippen molar-refractivity contribution in [1.29, 1.82) is 0 Å². The van der Waals surface area contributed by atoms with E-state index in [1.165, 1.54) is 0 Å². The zero-order chi connectivity index (χ0) is 17.8. The Bertz CT molecular complexity index is 1130. The highest BCUT2D eigenvalue weighted by Gasteiger charge is 2.29. The Morgan fingerprint density at radius 2 is 1.17 bits per heavy atom. The van der Waals surface area contributed by atoms with Crippen molar-refractivity contribution in [3.8, 4) is 0 Å². The normalized spacial score (nSPS) is 13.3. The summed E-state index contributed by atoms with van der Waals surface area (Å²) >= 11 is 0. The topological polar surface area (TPSA) is 189 Å². The second-order valence-electron chi connectivity index (χ2n) is 4.39. The van der Waals surface area contributed by atoms with Crippen LogP contribution in [-0.2, 0) is 30.4 Å². The minimum Gasteiger partial charge on any atom is -0.398 e. The van der Waals surface area contributed by atoms with E-state index in [-0.39, 0.29) is 0 Å². The molecule has 23 heavy (non-hydrogen) atoms. The van der Waals surface area contributed by atoms with Gasteiger partial charge in [-0.1, -0.05) is 6.07 Å². The van der Waals surface area contributed by atoms with Crippen LogP contribution in [0.5, 0.6) is 0 Å². The summed E-state index contributed by atoms with van der Waals surface area (Å²) in [7, 11) is -15.1. The predicted molar refractivity (Wildman–Crippen MR) is 77.8 cm³/mol. The minimum atomic E-state index is -5.22. The van der Waals surface area contributed by atoms with Gasteiger partial charge in [0.05, 0.1) is 0 Å². The van der Waals surface area contributed by atoms with Gasteiger partial charge in [-0.2, -0.15) is 25.3 Å². The third kappa shape index (κ3) is 3.15. The highest BCUT2D eigenvalue weighted by molar-refractivity contribution is 7.89. The summed E-state index contributed by atoms with van der Waals surface area (Å²) in [6.45, 7) is 0. The standard InChI is InChI=1S/C10H9NO9S3/c11-6-2-4-7(21(12,13)14)5-1-3-8(22(15,16)17)10(9(5)6)23(18,19)20/h1-4H,11H2,(H,12,13,14)(H,15,16,17)(H,18,19,20). The lowest BCUT2D eigenvalue weighted by atomic mass is 10.1. The maximum absolute atomic E-state index is 11.5. The van der Waals surface area contributed by atoms with Gasteiger partial charge in [-0.15, -0.1) is 0 Å². The first-order valence-electron chi connectivity index (χ1n) is 5.52. The number of nitrogen functional groups attached to an aromatic ring is 1. The molecular weight excluding hydrogens is 374 g/mol. The smallest absolute Gasteiger partial charge is 0.296 e. The highest BCUT2D eigenvalue weighted by Crippen LogP contribution is 2.36. The van der Waals surface area contributed by atoms with Gasteiger partial charge >= 0.3 is 0 Å². The predicted octanol–water partition coefficient (Wildman–Crippen LogP) is 0.162. The van der Waals surface area contributed by atoms with Crippen molar-refractivity contribution in [3.05, 3.63) is 24.3 Å². The molecule has 126 valence electrons. The summed E-state index contributed by atoms with van der Waals surface area (Å²) in [6.07, 6.45) is 0. The Morgan fingerprint density at radius 3 is 1.61 bits per heavy atom. The Balaban J connectivity index is 3.26. The highest BCUT2D eigenvalue weighted by atomic mass is 32.2. The van der Waals surface area contributed by atoms with Crippen molar-refractivity contribution >= 4 is 46.8 Å². The summed E-state index contributed by atoms with van der Waals surface area (Å²) < 4.78 is 95.9. The van der Waals surface area contributed by atoms with E-state index in [0.717, 1.165) is 18.2 Å². The molecule has 0 saturated heterocycles. The lowest BCUT2D eigenvalue weighted by molar-refractivity contribution is 0.467. The van der Waals surface area contributed by atoms with Gasteiger partial charge in [0.25, 0.3) is 30.4 Å². The largest absolute Gasteiger partial charge is 0.398 e. The quantitative estimate of drug-likeness (QED) is 0.419.